The van der Waals surface area contributed by atoms with E-state index in [-0.39, 0.29) is 42.7 Å². The number of hydrogen-bond donors (Lipinski definition) is 2. The Labute approximate surface area is 382 Å². The SMILES string of the molecule is CCCCCCCCCCCCCCCC(=O)OCC1=CC2C(=O)C3(C=C(C)C(OC(=O)C(C)C(C)C)C3(O)C1O)C(C)CC1(OC(=O)CCCCCCCCCCC)C2C1(C)C. The van der Waals surface area contributed by atoms with E-state index in [0.29, 0.717) is 18.4 Å². The van der Waals surface area contributed by atoms with Crippen LogP contribution < -0.4 is 0 Å². The Morgan fingerprint density at radius 3 is 1.68 bits per heavy atom. The van der Waals surface area contributed by atoms with Crippen molar-refractivity contribution in [3.63, 3.8) is 0 Å². The highest BCUT2D eigenvalue weighted by Crippen LogP contribution is 2.75. The molecule has 9 nitrogen and oxygen atoms in total. The van der Waals surface area contributed by atoms with Crippen molar-refractivity contribution < 1.29 is 43.6 Å². The molecule has 0 radical (unpaired) electrons. The van der Waals surface area contributed by atoms with Gasteiger partial charge in [-0.25, -0.2) is 0 Å². The molecule has 360 valence electrons. The number of unbranched alkanes of at least 4 members (excludes halogenated alkanes) is 20. The lowest BCUT2D eigenvalue weighted by molar-refractivity contribution is -0.207. The summed E-state index contributed by atoms with van der Waals surface area (Å²) in [5.41, 5.74) is -4.89. The van der Waals surface area contributed by atoms with Gasteiger partial charge >= 0.3 is 17.9 Å². The van der Waals surface area contributed by atoms with E-state index >= 15 is 4.79 Å². The first kappa shape index (κ1) is 53.1. The van der Waals surface area contributed by atoms with Crippen molar-refractivity contribution in [2.24, 2.45) is 40.4 Å². The first-order valence-electron chi connectivity index (χ1n) is 25.9. The van der Waals surface area contributed by atoms with Crippen LogP contribution in [0.2, 0.25) is 0 Å². The zero-order chi connectivity index (χ0) is 46.4. The molecule has 4 rings (SSSR count). The van der Waals surface area contributed by atoms with Crippen LogP contribution in [0.1, 0.15) is 223 Å². The first-order chi connectivity index (χ1) is 30.0. The topological polar surface area (TPSA) is 136 Å². The predicted molar refractivity (Wildman–Crippen MR) is 251 cm³/mol. The highest BCUT2D eigenvalue weighted by atomic mass is 16.6. The molecule has 0 heterocycles. The minimum Gasteiger partial charge on any atom is -0.461 e. The van der Waals surface area contributed by atoms with Crippen molar-refractivity contribution in [2.45, 2.75) is 246 Å². The molecule has 0 aromatic carbocycles. The molecule has 0 amide bonds. The summed E-state index contributed by atoms with van der Waals surface area (Å²) in [6, 6.07) is 0. The summed E-state index contributed by atoms with van der Waals surface area (Å²) in [5.74, 6) is -3.98. The molecule has 0 aromatic heterocycles. The van der Waals surface area contributed by atoms with Crippen LogP contribution in [0.5, 0.6) is 0 Å². The second-order valence-corrected chi connectivity index (χ2v) is 21.4. The number of fused-ring (bicyclic) bond motifs is 3. The molecule has 2 fully saturated rings. The standard InChI is InChI=1S/C54H90O9/c1-10-12-14-16-18-20-21-22-23-25-26-28-30-32-44(55)61-37-42-34-43-46-51(8,9)53(46,63-45(56)33-31-29-27-24-19-17-15-13-11-2)36-40(6)52(48(43)58)35-39(5)49(54(52,60)47(42)57)62-50(59)41(7)38(3)4/h34-35,38,40-41,43,46-47,49,57,60H,10-33,36-37H2,1-9H3. The number of Topliss-reactive ketones (excluding diaryl/α,β-unsaturated/α-hetero) is 1. The molecule has 2 bridgehead atoms. The van der Waals surface area contributed by atoms with Crippen LogP contribution in [0.3, 0.4) is 0 Å². The molecule has 0 aromatic rings. The summed E-state index contributed by atoms with van der Waals surface area (Å²) < 4.78 is 18.6. The molecule has 4 aliphatic rings. The molecule has 0 aliphatic heterocycles. The van der Waals surface area contributed by atoms with Gasteiger partial charge in [0.25, 0.3) is 0 Å². The molecule has 1 spiro atoms. The number of aliphatic hydroxyl groups is 2. The smallest absolute Gasteiger partial charge is 0.309 e. The molecule has 9 heteroatoms. The van der Waals surface area contributed by atoms with Crippen LogP contribution in [0.15, 0.2) is 23.3 Å². The summed E-state index contributed by atoms with van der Waals surface area (Å²) in [4.78, 5) is 56.0. The average Bonchev–Trinajstić information content (AvgIpc) is 3.64. The predicted octanol–water partition coefficient (Wildman–Crippen LogP) is 12.3. The van der Waals surface area contributed by atoms with Crippen LogP contribution in [0, 0.1) is 40.4 Å². The van der Waals surface area contributed by atoms with Crippen molar-refractivity contribution in [1.82, 2.24) is 0 Å². The highest BCUT2D eigenvalue weighted by molar-refractivity contribution is 5.96. The van der Waals surface area contributed by atoms with E-state index in [1.807, 2.05) is 34.6 Å². The van der Waals surface area contributed by atoms with E-state index < -0.39 is 69.9 Å². The van der Waals surface area contributed by atoms with Gasteiger partial charge in [-0.05, 0) is 49.2 Å². The summed E-state index contributed by atoms with van der Waals surface area (Å²) in [7, 11) is 0. The Hall–Kier alpha value is -2.52. The third-order valence-electron chi connectivity index (χ3n) is 16.1. The maximum Gasteiger partial charge on any atom is 0.309 e. The van der Waals surface area contributed by atoms with E-state index in [1.165, 1.54) is 96.3 Å². The lowest BCUT2D eigenvalue weighted by atomic mass is 9.59. The van der Waals surface area contributed by atoms with Crippen molar-refractivity contribution in [2.75, 3.05) is 6.61 Å². The zero-order valence-electron chi connectivity index (χ0n) is 41.3. The number of rotatable bonds is 30. The molecule has 0 saturated heterocycles. The van der Waals surface area contributed by atoms with Crippen LogP contribution in [-0.4, -0.2) is 63.9 Å². The molecular formula is C54H90O9. The summed E-state index contributed by atoms with van der Waals surface area (Å²) in [5, 5.41) is 25.7. The van der Waals surface area contributed by atoms with Crippen LogP contribution in [0.25, 0.3) is 0 Å². The number of ketones is 1. The molecule has 2 N–H and O–H groups in total. The maximum absolute atomic E-state index is 15.4. The number of hydrogen-bond acceptors (Lipinski definition) is 9. The summed E-state index contributed by atoms with van der Waals surface area (Å²) in [6.07, 6.45) is 27.0. The van der Waals surface area contributed by atoms with Crippen LogP contribution in [0.4, 0.5) is 0 Å². The fourth-order valence-electron chi connectivity index (χ4n) is 11.7. The minimum atomic E-state index is -2.30. The molecule has 4 aliphatic carbocycles. The Morgan fingerprint density at radius 1 is 0.746 bits per heavy atom. The quantitative estimate of drug-likeness (QED) is 0.0313. The third kappa shape index (κ3) is 12.1. The highest BCUT2D eigenvalue weighted by Gasteiger charge is 2.83. The van der Waals surface area contributed by atoms with Gasteiger partial charge in [-0.1, -0.05) is 196 Å². The number of allylic oxidation sites excluding steroid dienone is 1. The number of esters is 3. The van der Waals surface area contributed by atoms with Gasteiger partial charge < -0.3 is 24.4 Å². The van der Waals surface area contributed by atoms with Gasteiger partial charge in [-0.3, -0.25) is 19.2 Å². The Morgan fingerprint density at radius 2 is 1.21 bits per heavy atom. The monoisotopic (exact) mass is 883 g/mol. The molecule has 2 saturated carbocycles. The number of ether oxygens (including phenoxy) is 3. The van der Waals surface area contributed by atoms with Crippen molar-refractivity contribution in [3.8, 4) is 0 Å². The normalized spacial score (nSPS) is 29.8. The Bertz CT molecular complexity index is 1560. The van der Waals surface area contributed by atoms with E-state index in [1.54, 1.807) is 26.0 Å². The Kier molecular flexibility index (Phi) is 20.5. The minimum absolute atomic E-state index is 0.0436. The molecule has 63 heavy (non-hydrogen) atoms. The molecular weight excluding hydrogens is 793 g/mol. The number of carbonyl (C=O) groups excluding carboxylic acids is 4. The van der Waals surface area contributed by atoms with Crippen molar-refractivity contribution >= 4 is 23.7 Å². The van der Waals surface area contributed by atoms with Gasteiger partial charge in [0.05, 0.1) is 11.3 Å². The number of carbonyl (C=O) groups is 4. The van der Waals surface area contributed by atoms with E-state index in [9.17, 15) is 24.6 Å². The average molecular weight is 883 g/mol. The van der Waals surface area contributed by atoms with E-state index in [2.05, 4.69) is 13.8 Å². The second-order valence-electron chi connectivity index (χ2n) is 21.4. The van der Waals surface area contributed by atoms with Crippen LogP contribution in [-0.2, 0) is 33.4 Å². The fraction of sp³-hybridized carbons (Fsp3) is 0.852. The van der Waals surface area contributed by atoms with Gasteiger partial charge in [0, 0.05) is 30.1 Å². The maximum atomic E-state index is 15.4. The Balaban J connectivity index is 1.49. The lowest BCUT2D eigenvalue weighted by Gasteiger charge is -2.49. The zero-order valence-corrected chi connectivity index (χ0v) is 41.3. The van der Waals surface area contributed by atoms with Gasteiger partial charge in [-0.2, -0.15) is 0 Å². The lowest BCUT2D eigenvalue weighted by Crippen LogP contribution is -2.66. The molecule has 9 atom stereocenters. The van der Waals surface area contributed by atoms with Crippen LogP contribution >= 0.6 is 0 Å². The fourth-order valence-corrected chi connectivity index (χ4v) is 11.7. The third-order valence-corrected chi connectivity index (χ3v) is 16.1. The first-order valence-corrected chi connectivity index (χ1v) is 25.9. The van der Waals surface area contributed by atoms with Gasteiger partial charge in [0.1, 0.15) is 18.3 Å². The van der Waals surface area contributed by atoms with Gasteiger partial charge in [0.2, 0.25) is 0 Å². The second kappa shape index (κ2) is 24.3. The summed E-state index contributed by atoms with van der Waals surface area (Å²) in [6.45, 7) is 17.4. The summed E-state index contributed by atoms with van der Waals surface area (Å²) >= 11 is 0. The van der Waals surface area contributed by atoms with E-state index in [0.717, 1.165) is 38.5 Å². The van der Waals surface area contributed by atoms with E-state index in [4.69, 9.17) is 14.2 Å². The molecule has 9 unspecified atom stereocenters. The van der Waals surface area contributed by atoms with Crippen molar-refractivity contribution in [3.05, 3.63) is 23.3 Å². The number of aliphatic hydroxyl groups excluding tert-OH is 1. The van der Waals surface area contributed by atoms with Gasteiger partial charge in [0.15, 0.2) is 17.5 Å². The van der Waals surface area contributed by atoms with Crippen molar-refractivity contribution in [1.29, 1.82) is 0 Å². The largest absolute Gasteiger partial charge is 0.461 e. The van der Waals surface area contributed by atoms with Gasteiger partial charge in [-0.15, -0.1) is 0 Å².